The summed E-state index contributed by atoms with van der Waals surface area (Å²) in [7, 11) is 6.98. The van der Waals surface area contributed by atoms with Crippen LogP contribution >= 0.6 is 0 Å². The number of nitro benzene ring substituents is 1. The summed E-state index contributed by atoms with van der Waals surface area (Å²) in [5.74, 6) is 2.11. The maximum Gasteiger partial charge on any atom is 0.280 e. The molecule has 0 heterocycles. The van der Waals surface area contributed by atoms with E-state index in [9.17, 15) is 10.1 Å². The third-order valence-electron chi connectivity index (χ3n) is 7.05. The van der Waals surface area contributed by atoms with Gasteiger partial charge in [0.15, 0.2) is 11.5 Å². The molecule has 43 heavy (non-hydrogen) atoms. The number of rotatable bonds is 14. The number of ether oxygens (including phenoxy) is 4. The molecule has 0 spiro atoms. The minimum Gasteiger partial charge on any atom is -0.493 e. The Bertz CT molecular complexity index is 1530. The number of nitro groups is 1. The van der Waals surface area contributed by atoms with Crippen molar-refractivity contribution in [3.05, 3.63) is 123 Å². The molecule has 0 atom stereocenters. The SMILES string of the molecule is CC/C(=C(/c1ccc(OCCN(C)C)cc1)c1ccc(OCc2cc(OC)c(OC)cc2[N+](=O)[O-])cc1)c1ccccc1. The molecule has 4 aromatic carbocycles. The van der Waals surface area contributed by atoms with Crippen molar-refractivity contribution in [1.29, 1.82) is 0 Å². The standard InChI is InChI=1S/C35H38N2O6/c1-6-31(25-10-8-7-9-11-25)35(26-12-16-29(17-13-26)42-21-20-36(2)3)27-14-18-30(19-15-27)43-24-28-22-33(40-4)34(41-5)23-32(28)37(38)39/h7-19,22-23H,6,20-21,24H2,1-5H3/b35-31+. The predicted octanol–water partition coefficient (Wildman–Crippen LogP) is 7.50. The number of hydrogen-bond donors (Lipinski definition) is 0. The van der Waals surface area contributed by atoms with Gasteiger partial charge in [0.25, 0.3) is 5.69 Å². The van der Waals surface area contributed by atoms with E-state index in [-0.39, 0.29) is 12.3 Å². The smallest absolute Gasteiger partial charge is 0.280 e. The fourth-order valence-corrected chi connectivity index (χ4v) is 4.82. The van der Waals surface area contributed by atoms with Crippen molar-refractivity contribution in [2.45, 2.75) is 20.0 Å². The number of benzene rings is 4. The van der Waals surface area contributed by atoms with Crippen LogP contribution in [-0.2, 0) is 6.61 Å². The molecule has 0 saturated heterocycles. The Hall–Kier alpha value is -4.82. The van der Waals surface area contributed by atoms with Crippen molar-refractivity contribution in [3.63, 3.8) is 0 Å². The lowest BCUT2D eigenvalue weighted by molar-refractivity contribution is -0.385. The summed E-state index contributed by atoms with van der Waals surface area (Å²) in [6.45, 7) is 3.62. The van der Waals surface area contributed by atoms with E-state index in [2.05, 4.69) is 48.2 Å². The molecule has 0 radical (unpaired) electrons. The maximum atomic E-state index is 11.7. The van der Waals surface area contributed by atoms with Crippen LogP contribution in [0.25, 0.3) is 11.1 Å². The predicted molar refractivity (Wildman–Crippen MR) is 170 cm³/mol. The van der Waals surface area contributed by atoms with E-state index < -0.39 is 4.92 Å². The number of methoxy groups -OCH3 is 2. The van der Waals surface area contributed by atoms with Gasteiger partial charge in [0, 0.05) is 6.54 Å². The van der Waals surface area contributed by atoms with Gasteiger partial charge < -0.3 is 23.8 Å². The highest BCUT2D eigenvalue weighted by Gasteiger charge is 2.20. The first-order valence-corrected chi connectivity index (χ1v) is 14.1. The van der Waals surface area contributed by atoms with E-state index in [0.717, 1.165) is 41.0 Å². The highest BCUT2D eigenvalue weighted by molar-refractivity contribution is 5.98. The van der Waals surface area contributed by atoms with Crippen molar-refractivity contribution < 1.29 is 23.9 Å². The van der Waals surface area contributed by atoms with Crippen molar-refractivity contribution in [2.24, 2.45) is 0 Å². The minimum atomic E-state index is -0.449. The summed E-state index contributed by atoms with van der Waals surface area (Å²) < 4.78 is 22.5. The monoisotopic (exact) mass is 582 g/mol. The van der Waals surface area contributed by atoms with E-state index in [1.807, 2.05) is 56.6 Å². The second-order valence-corrected chi connectivity index (χ2v) is 10.2. The summed E-state index contributed by atoms with van der Waals surface area (Å²) in [4.78, 5) is 13.3. The van der Waals surface area contributed by atoms with Gasteiger partial charge in [0.05, 0.1) is 30.8 Å². The van der Waals surface area contributed by atoms with Crippen molar-refractivity contribution in [2.75, 3.05) is 41.5 Å². The zero-order valence-electron chi connectivity index (χ0n) is 25.3. The molecule has 8 nitrogen and oxygen atoms in total. The lowest BCUT2D eigenvalue weighted by atomic mass is 9.88. The Morgan fingerprint density at radius 1 is 0.767 bits per heavy atom. The van der Waals surface area contributed by atoms with Gasteiger partial charge in [0.2, 0.25) is 0 Å². The molecule has 0 fully saturated rings. The fraction of sp³-hybridized carbons (Fsp3) is 0.257. The van der Waals surface area contributed by atoms with Crippen LogP contribution in [-0.4, -0.2) is 51.3 Å². The maximum absolute atomic E-state index is 11.7. The lowest BCUT2D eigenvalue weighted by Crippen LogP contribution is -2.19. The van der Waals surface area contributed by atoms with Crippen LogP contribution in [0.3, 0.4) is 0 Å². The number of allylic oxidation sites excluding steroid dienone is 1. The van der Waals surface area contributed by atoms with Crippen LogP contribution in [0, 0.1) is 10.1 Å². The summed E-state index contributed by atoms with van der Waals surface area (Å²) in [5.41, 5.74) is 5.91. The quantitative estimate of drug-likeness (QED) is 0.0865. The van der Waals surface area contributed by atoms with Gasteiger partial charge in [-0.2, -0.15) is 0 Å². The largest absolute Gasteiger partial charge is 0.493 e. The first-order valence-electron chi connectivity index (χ1n) is 14.1. The topological polar surface area (TPSA) is 83.3 Å². The molecule has 0 aliphatic carbocycles. The molecule has 0 aromatic heterocycles. The molecule has 8 heteroatoms. The van der Waals surface area contributed by atoms with Gasteiger partial charge in [-0.25, -0.2) is 0 Å². The second-order valence-electron chi connectivity index (χ2n) is 10.2. The molecular formula is C35H38N2O6. The molecule has 0 saturated carbocycles. The normalized spacial score (nSPS) is 11.6. The van der Waals surface area contributed by atoms with Gasteiger partial charge in [-0.05, 0) is 78.7 Å². The second kappa shape index (κ2) is 14.9. The van der Waals surface area contributed by atoms with E-state index in [1.54, 1.807) is 6.07 Å². The van der Waals surface area contributed by atoms with Gasteiger partial charge in [-0.3, -0.25) is 10.1 Å². The average molecular weight is 583 g/mol. The average Bonchev–Trinajstić information content (AvgIpc) is 3.03. The molecule has 224 valence electrons. The molecule has 4 rings (SSSR count). The summed E-state index contributed by atoms with van der Waals surface area (Å²) in [6, 6.07) is 29.3. The van der Waals surface area contributed by atoms with Crippen LogP contribution < -0.4 is 18.9 Å². The molecule has 4 aromatic rings. The highest BCUT2D eigenvalue weighted by Crippen LogP contribution is 2.37. The van der Waals surface area contributed by atoms with Crippen LogP contribution in [0.1, 0.15) is 35.6 Å². The third-order valence-corrected chi connectivity index (χ3v) is 7.05. The van der Waals surface area contributed by atoms with Crippen molar-refractivity contribution in [1.82, 2.24) is 4.90 Å². The Morgan fingerprint density at radius 2 is 1.33 bits per heavy atom. The van der Waals surface area contributed by atoms with Crippen molar-refractivity contribution in [3.8, 4) is 23.0 Å². The third kappa shape index (κ3) is 7.93. The van der Waals surface area contributed by atoms with Gasteiger partial charge in [-0.1, -0.05) is 61.5 Å². The van der Waals surface area contributed by atoms with Crippen LogP contribution in [0.2, 0.25) is 0 Å². The van der Waals surface area contributed by atoms with Gasteiger partial charge >= 0.3 is 0 Å². The zero-order chi connectivity index (χ0) is 30.8. The summed E-state index contributed by atoms with van der Waals surface area (Å²) in [5, 5.41) is 11.7. The number of likely N-dealkylation sites (N-methyl/N-ethyl adjacent to an activating group) is 1. The summed E-state index contributed by atoms with van der Waals surface area (Å²) >= 11 is 0. The Balaban J connectivity index is 1.64. The zero-order valence-corrected chi connectivity index (χ0v) is 25.3. The fourth-order valence-electron chi connectivity index (χ4n) is 4.82. The van der Waals surface area contributed by atoms with Gasteiger partial charge in [0.1, 0.15) is 24.7 Å². The Morgan fingerprint density at radius 3 is 1.84 bits per heavy atom. The van der Waals surface area contributed by atoms with Crippen molar-refractivity contribution >= 4 is 16.8 Å². The van der Waals surface area contributed by atoms with Crippen LogP contribution in [0.5, 0.6) is 23.0 Å². The molecule has 0 aliphatic rings. The number of hydrogen-bond acceptors (Lipinski definition) is 7. The van der Waals surface area contributed by atoms with E-state index >= 15 is 0 Å². The van der Waals surface area contributed by atoms with Gasteiger partial charge in [-0.15, -0.1) is 0 Å². The Kier molecular flexibility index (Phi) is 10.8. The lowest BCUT2D eigenvalue weighted by Gasteiger charge is -2.18. The molecule has 0 unspecified atom stereocenters. The Labute approximate surface area is 253 Å². The van der Waals surface area contributed by atoms with E-state index in [1.165, 1.54) is 25.9 Å². The van der Waals surface area contributed by atoms with E-state index in [0.29, 0.717) is 29.4 Å². The molecule has 0 aliphatic heterocycles. The molecular weight excluding hydrogens is 544 g/mol. The first-order chi connectivity index (χ1) is 20.8. The van der Waals surface area contributed by atoms with E-state index in [4.69, 9.17) is 18.9 Å². The van der Waals surface area contributed by atoms with Crippen LogP contribution in [0.15, 0.2) is 91.0 Å². The number of nitrogens with zero attached hydrogens (tertiary/aromatic N) is 2. The minimum absolute atomic E-state index is 0.00177. The highest BCUT2D eigenvalue weighted by atomic mass is 16.6. The molecule has 0 N–H and O–H groups in total. The van der Waals surface area contributed by atoms with Crippen LogP contribution in [0.4, 0.5) is 5.69 Å². The molecule has 0 bridgehead atoms. The summed E-state index contributed by atoms with van der Waals surface area (Å²) in [6.07, 6.45) is 0.835. The first kappa shape index (κ1) is 31.1. The molecule has 0 amide bonds.